The van der Waals surface area contributed by atoms with Crippen LogP contribution in [0, 0.1) is 0 Å². The Hall–Kier alpha value is -2.79. The second kappa shape index (κ2) is 7.62. The maximum atomic E-state index is 12.7. The van der Waals surface area contributed by atoms with E-state index in [4.69, 9.17) is 4.74 Å². The number of H-pyrrole nitrogens is 1. The van der Waals surface area contributed by atoms with Gasteiger partial charge in [-0.3, -0.25) is 4.79 Å². The quantitative estimate of drug-likeness (QED) is 0.584. The molecule has 0 bridgehead atoms. The molecule has 3 N–H and O–H groups in total. The maximum Gasteiger partial charge on any atom is 0.256 e. The van der Waals surface area contributed by atoms with Crippen LogP contribution in [0.15, 0.2) is 54.7 Å². The summed E-state index contributed by atoms with van der Waals surface area (Å²) in [6.07, 6.45) is 1.83. The van der Waals surface area contributed by atoms with Crippen LogP contribution in [0.25, 0.3) is 10.9 Å². The Morgan fingerprint density at radius 3 is 2.69 bits per heavy atom. The fourth-order valence-corrected chi connectivity index (χ4v) is 2.76. The number of anilines is 1. The Labute approximate surface area is 153 Å². The summed E-state index contributed by atoms with van der Waals surface area (Å²) >= 11 is 0. The van der Waals surface area contributed by atoms with Gasteiger partial charge in [-0.1, -0.05) is 18.2 Å². The van der Waals surface area contributed by atoms with Crippen molar-refractivity contribution in [2.45, 2.75) is 26.3 Å². The second-order valence-electron chi connectivity index (χ2n) is 7.22. The molecule has 5 nitrogen and oxygen atoms in total. The average Bonchev–Trinajstić information content (AvgIpc) is 3.07. The monoisotopic (exact) mass is 351 g/mol. The number of benzene rings is 2. The Balaban J connectivity index is 1.70. The summed E-state index contributed by atoms with van der Waals surface area (Å²) in [7, 11) is 0. The molecule has 0 aliphatic rings. The number of carbonyl (C=O) groups is 1. The first kappa shape index (κ1) is 18.0. The largest absolute Gasteiger partial charge is 0.490 e. The topological polar surface area (TPSA) is 66.2 Å². The number of aromatic nitrogens is 1. The molecule has 136 valence electrons. The van der Waals surface area contributed by atoms with Crippen molar-refractivity contribution in [3.63, 3.8) is 0 Å². The van der Waals surface area contributed by atoms with Crippen LogP contribution in [0.3, 0.4) is 0 Å². The highest BCUT2D eigenvalue weighted by molar-refractivity contribution is 6.12. The van der Waals surface area contributed by atoms with Crippen LogP contribution in [0.5, 0.6) is 5.75 Å². The Morgan fingerprint density at radius 2 is 1.88 bits per heavy atom. The predicted molar refractivity (Wildman–Crippen MR) is 106 cm³/mol. The molecule has 0 radical (unpaired) electrons. The third-order valence-corrected chi connectivity index (χ3v) is 3.99. The van der Waals surface area contributed by atoms with Crippen LogP contribution < -0.4 is 15.4 Å². The van der Waals surface area contributed by atoms with E-state index in [1.165, 1.54) is 0 Å². The van der Waals surface area contributed by atoms with Crippen LogP contribution in [-0.2, 0) is 0 Å². The molecule has 1 amide bonds. The molecule has 3 rings (SSSR count). The van der Waals surface area contributed by atoms with Gasteiger partial charge in [0.05, 0.1) is 5.69 Å². The Bertz CT molecular complexity index is 893. The van der Waals surface area contributed by atoms with Crippen LogP contribution in [-0.4, -0.2) is 29.6 Å². The Kier molecular flexibility index (Phi) is 5.28. The number of hydrogen-bond donors (Lipinski definition) is 3. The number of rotatable bonds is 6. The first-order valence-corrected chi connectivity index (χ1v) is 8.78. The van der Waals surface area contributed by atoms with Gasteiger partial charge in [0.15, 0.2) is 0 Å². The molecule has 0 fully saturated rings. The van der Waals surface area contributed by atoms with Gasteiger partial charge < -0.3 is 20.4 Å². The number of para-hydroxylation sites is 2. The second-order valence-corrected chi connectivity index (χ2v) is 7.22. The SMILES string of the molecule is CC(C)(C)NCCOc1ccccc1NC(=O)c1cccc2[nH]ccc12. The van der Waals surface area contributed by atoms with Crippen molar-refractivity contribution in [1.29, 1.82) is 0 Å². The molecule has 0 saturated carbocycles. The van der Waals surface area contributed by atoms with Crippen molar-refractivity contribution in [1.82, 2.24) is 10.3 Å². The van der Waals surface area contributed by atoms with E-state index in [0.717, 1.165) is 17.4 Å². The molecule has 0 unspecified atom stereocenters. The fraction of sp³-hybridized carbons (Fsp3) is 0.286. The van der Waals surface area contributed by atoms with Crippen molar-refractivity contribution >= 4 is 22.5 Å². The first-order chi connectivity index (χ1) is 12.4. The minimum Gasteiger partial charge on any atom is -0.490 e. The molecule has 2 aromatic carbocycles. The van der Waals surface area contributed by atoms with Crippen molar-refractivity contribution in [2.75, 3.05) is 18.5 Å². The van der Waals surface area contributed by atoms with E-state index in [-0.39, 0.29) is 11.4 Å². The van der Waals surface area contributed by atoms with E-state index < -0.39 is 0 Å². The number of carbonyl (C=O) groups excluding carboxylic acids is 1. The molecule has 3 aromatic rings. The standard InChI is InChI=1S/C21H25N3O2/c1-21(2,3)23-13-14-26-19-10-5-4-8-18(19)24-20(25)16-7-6-9-17-15(16)11-12-22-17/h4-12,22-23H,13-14H2,1-3H3,(H,24,25). The molecular weight excluding hydrogens is 326 g/mol. The summed E-state index contributed by atoms with van der Waals surface area (Å²) in [6.45, 7) is 7.60. The zero-order valence-electron chi connectivity index (χ0n) is 15.4. The zero-order valence-corrected chi connectivity index (χ0v) is 15.4. The van der Waals surface area contributed by atoms with Gasteiger partial charge in [-0.25, -0.2) is 0 Å². The van der Waals surface area contributed by atoms with Gasteiger partial charge >= 0.3 is 0 Å². The number of amides is 1. The van der Waals surface area contributed by atoms with Gasteiger partial charge in [0.2, 0.25) is 0 Å². The summed E-state index contributed by atoms with van der Waals surface area (Å²) in [5.74, 6) is 0.511. The van der Waals surface area contributed by atoms with Crippen LogP contribution >= 0.6 is 0 Å². The molecule has 5 heteroatoms. The molecule has 26 heavy (non-hydrogen) atoms. The van der Waals surface area contributed by atoms with Gasteiger partial charge in [0.1, 0.15) is 12.4 Å². The van der Waals surface area contributed by atoms with Crippen molar-refractivity contribution < 1.29 is 9.53 Å². The van der Waals surface area contributed by atoms with Gasteiger partial charge in [-0.2, -0.15) is 0 Å². The lowest BCUT2D eigenvalue weighted by Gasteiger charge is -2.21. The molecule has 0 saturated heterocycles. The van der Waals surface area contributed by atoms with Crippen molar-refractivity contribution in [3.05, 3.63) is 60.3 Å². The van der Waals surface area contributed by atoms with E-state index in [1.807, 2.05) is 54.7 Å². The molecule has 0 spiro atoms. The van der Waals surface area contributed by atoms with Crippen molar-refractivity contribution in [2.24, 2.45) is 0 Å². The highest BCUT2D eigenvalue weighted by Gasteiger charge is 2.13. The molecular formula is C21H25N3O2. The van der Waals surface area contributed by atoms with E-state index in [0.29, 0.717) is 23.6 Å². The molecule has 1 aromatic heterocycles. The molecule has 0 atom stereocenters. The zero-order chi connectivity index (χ0) is 18.6. The first-order valence-electron chi connectivity index (χ1n) is 8.78. The number of aromatic amines is 1. The summed E-state index contributed by atoms with van der Waals surface area (Å²) < 4.78 is 5.86. The van der Waals surface area contributed by atoms with Gasteiger partial charge in [0, 0.05) is 34.7 Å². The predicted octanol–water partition coefficient (Wildman–Crippen LogP) is 4.19. The maximum absolute atomic E-state index is 12.7. The van der Waals surface area contributed by atoms with Crippen LogP contribution in [0.1, 0.15) is 31.1 Å². The van der Waals surface area contributed by atoms with E-state index in [1.54, 1.807) is 0 Å². The highest BCUT2D eigenvalue weighted by Crippen LogP contribution is 2.25. The lowest BCUT2D eigenvalue weighted by Crippen LogP contribution is -2.38. The van der Waals surface area contributed by atoms with Crippen molar-refractivity contribution in [3.8, 4) is 5.75 Å². The lowest BCUT2D eigenvalue weighted by molar-refractivity contribution is 0.102. The summed E-state index contributed by atoms with van der Waals surface area (Å²) in [4.78, 5) is 15.9. The smallest absolute Gasteiger partial charge is 0.256 e. The van der Waals surface area contributed by atoms with Crippen LogP contribution in [0.4, 0.5) is 5.69 Å². The van der Waals surface area contributed by atoms with E-state index in [9.17, 15) is 4.79 Å². The minimum absolute atomic E-state index is 0.0480. The molecule has 0 aliphatic heterocycles. The third kappa shape index (κ3) is 4.43. The molecule has 0 aliphatic carbocycles. The summed E-state index contributed by atoms with van der Waals surface area (Å²) in [5, 5.41) is 7.25. The number of nitrogens with one attached hydrogen (secondary N) is 3. The third-order valence-electron chi connectivity index (χ3n) is 3.99. The van der Waals surface area contributed by atoms with E-state index in [2.05, 4.69) is 36.4 Å². The number of hydrogen-bond acceptors (Lipinski definition) is 3. The number of ether oxygens (including phenoxy) is 1. The van der Waals surface area contributed by atoms with Gasteiger partial charge in [0.25, 0.3) is 5.91 Å². The van der Waals surface area contributed by atoms with Gasteiger partial charge in [-0.15, -0.1) is 0 Å². The number of fused-ring (bicyclic) bond motifs is 1. The normalized spacial score (nSPS) is 11.5. The average molecular weight is 351 g/mol. The van der Waals surface area contributed by atoms with Gasteiger partial charge in [-0.05, 0) is 51.1 Å². The van der Waals surface area contributed by atoms with E-state index >= 15 is 0 Å². The highest BCUT2D eigenvalue weighted by atomic mass is 16.5. The fourth-order valence-electron chi connectivity index (χ4n) is 2.76. The minimum atomic E-state index is -0.154. The molecule has 1 heterocycles. The summed E-state index contributed by atoms with van der Waals surface area (Å²) in [5.41, 5.74) is 2.29. The van der Waals surface area contributed by atoms with Crippen LogP contribution in [0.2, 0.25) is 0 Å². The lowest BCUT2D eigenvalue weighted by atomic mass is 10.1. The summed E-state index contributed by atoms with van der Waals surface area (Å²) in [6, 6.07) is 15.0. The Morgan fingerprint density at radius 1 is 1.08 bits per heavy atom.